The van der Waals surface area contributed by atoms with Crippen molar-refractivity contribution in [2.75, 3.05) is 0 Å². The van der Waals surface area contributed by atoms with Crippen molar-refractivity contribution in [2.24, 2.45) is 0 Å². The molecule has 2 aromatic carbocycles. The van der Waals surface area contributed by atoms with E-state index < -0.39 is 11.1 Å². The van der Waals surface area contributed by atoms with Crippen LogP contribution in [-0.4, -0.2) is 15.5 Å². The smallest absolute Gasteiger partial charge is 0.282 e. The first-order valence-electron chi connectivity index (χ1n) is 8.31. The van der Waals surface area contributed by atoms with Gasteiger partial charge in [0, 0.05) is 28.1 Å². The molecule has 8 heteroatoms. The first-order chi connectivity index (χ1) is 13.6. The Bertz CT molecular complexity index is 1030. The number of allylic oxidation sites excluding steroid dienone is 4. The standard InChI is InChI=1S/C20H14ClN3O2S2/c21-15-8-4-7-14(11-15)19(25)22-20(26)27-23-28-24-16-9-10-17(18(24)12-16)13-5-2-1-3-6-13/h1-12,23H,(H,22,25,26). The molecular formula is C20H14ClN3O2S2. The topological polar surface area (TPSA) is 61.4 Å². The number of amides is 2. The Labute approximate surface area is 175 Å². The minimum Gasteiger partial charge on any atom is -0.282 e. The summed E-state index contributed by atoms with van der Waals surface area (Å²) in [4.78, 5) is 24.1. The van der Waals surface area contributed by atoms with E-state index in [1.165, 1.54) is 18.2 Å². The number of carbonyl (C=O) groups excluding carboxylic acids is 2. The van der Waals surface area contributed by atoms with Crippen LogP contribution in [0.25, 0.3) is 5.57 Å². The van der Waals surface area contributed by atoms with Gasteiger partial charge in [-0.1, -0.05) is 54.1 Å². The van der Waals surface area contributed by atoms with Crippen LogP contribution in [-0.2, 0) is 0 Å². The first-order valence-corrected chi connectivity index (χ1v) is 10.3. The second-order valence-corrected chi connectivity index (χ2v) is 8.12. The summed E-state index contributed by atoms with van der Waals surface area (Å²) in [6.45, 7) is 0. The Balaban J connectivity index is 1.28. The zero-order valence-electron chi connectivity index (χ0n) is 14.4. The van der Waals surface area contributed by atoms with Crippen molar-refractivity contribution in [3.63, 3.8) is 0 Å². The van der Waals surface area contributed by atoms with Crippen LogP contribution in [0.1, 0.15) is 15.9 Å². The fourth-order valence-corrected chi connectivity index (χ4v) is 4.32. The van der Waals surface area contributed by atoms with Crippen LogP contribution in [0.3, 0.4) is 0 Å². The number of rotatable bonds is 5. The van der Waals surface area contributed by atoms with Crippen LogP contribution in [0.2, 0.25) is 5.02 Å². The highest BCUT2D eigenvalue weighted by atomic mass is 35.5. The van der Waals surface area contributed by atoms with Gasteiger partial charge in [0.25, 0.3) is 5.91 Å². The molecule has 0 aliphatic carbocycles. The fourth-order valence-electron chi connectivity index (χ4n) is 2.76. The summed E-state index contributed by atoms with van der Waals surface area (Å²) in [5.41, 5.74) is 4.70. The first kappa shape index (κ1) is 18.9. The lowest BCUT2D eigenvalue weighted by Crippen LogP contribution is -2.31. The van der Waals surface area contributed by atoms with Gasteiger partial charge in [0.15, 0.2) is 0 Å². The van der Waals surface area contributed by atoms with E-state index in [1.807, 2.05) is 28.6 Å². The molecular weight excluding hydrogens is 414 g/mol. The molecule has 2 amide bonds. The molecule has 2 aliphatic rings. The third-order valence-electron chi connectivity index (χ3n) is 4.08. The fraction of sp³-hybridized carbons (Fsp3) is 0. The summed E-state index contributed by atoms with van der Waals surface area (Å²) in [6.07, 6.45) is 6.20. The van der Waals surface area contributed by atoms with Crippen molar-refractivity contribution in [3.8, 4) is 0 Å². The molecule has 5 nitrogen and oxygen atoms in total. The zero-order chi connectivity index (χ0) is 19.5. The number of benzene rings is 2. The van der Waals surface area contributed by atoms with E-state index in [4.69, 9.17) is 11.6 Å². The Morgan fingerprint density at radius 2 is 1.82 bits per heavy atom. The number of fused-ring (bicyclic) bond motifs is 2. The maximum absolute atomic E-state index is 12.1. The maximum atomic E-state index is 12.1. The van der Waals surface area contributed by atoms with Gasteiger partial charge in [-0.15, -0.1) is 0 Å². The summed E-state index contributed by atoms with van der Waals surface area (Å²) in [6, 6.07) is 16.5. The lowest BCUT2D eigenvalue weighted by molar-refractivity contribution is 0.0969. The van der Waals surface area contributed by atoms with Crippen molar-refractivity contribution < 1.29 is 9.59 Å². The summed E-state index contributed by atoms with van der Waals surface area (Å²) in [7, 11) is 0. The number of imide groups is 1. The van der Waals surface area contributed by atoms with Crippen molar-refractivity contribution in [1.82, 2.24) is 13.7 Å². The molecule has 2 aliphatic heterocycles. The van der Waals surface area contributed by atoms with Crippen LogP contribution in [0.4, 0.5) is 4.79 Å². The molecule has 2 bridgehead atoms. The number of nitrogens with zero attached hydrogens (tertiary/aromatic N) is 1. The lowest BCUT2D eigenvalue weighted by atomic mass is 9.94. The molecule has 2 heterocycles. The molecule has 0 unspecified atom stereocenters. The monoisotopic (exact) mass is 427 g/mol. The van der Waals surface area contributed by atoms with Crippen LogP contribution in [0.5, 0.6) is 0 Å². The Kier molecular flexibility index (Phi) is 5.59. The van der Waals surface area contributed by atoms with E-state index in [2.05, 4.69) is 33.7 Å². The third-order valence-corrected chi connectivity index (χ3v) is 5.83. The zero-order valence-corrected chi connectivity index (χ0v) is 16.8. The molecule has 0 saturated heterocycles. The van der Waals surface area contributed by atoms with E-state index in [1.54, 1.807) is 18.2 Å². The summed E-state index contributed by atoms with van der Waals surface area (Å²) in [5, 5.41) is 2.25. The maximum Gasteiger partial charge on any atom is 0.301 e. The number of hydrogen-bond donors (Lipinski definition) is 2. The molecule has 0 atom stereocenters. The van der Waals surface area contributed by atoms with E-state index >= 15 is 0 Å². The molecule has 28 heavy (non-hydrogen) atoms. The average Bonchev–Trinajstić information content (AvgIpc) is 2.71. The van der Waals surface area contributed by atoms with E-state index in [9.17, 15) is 9.59 Å². The quantitative estimate of drug-likeness (QED) is 0.642. The van der Waals surface area contributed by atoms with Crippen molar-refractivity contribution in [2.45, 2.75) is 0 Å². The van der Waals surface area contributed by atoms with Crippen molar-refractivity contribution in [3.05, 3.63) is 100 Å². The molecule has 0 aromatic heterocycles. The van der Waals surface area contributed by atoms with Crippen LogP contribution in [0, 0.1) is 0 Å². The van der Waals surface area contributed by atoms with E-state index in [-0.39, 0.29) is 0 Å². The minimum atomic E-state index is -0.495. The summed E-state index contributed by atoms with van der Waals surface area (Å²) < 4.78 is 4.92. The van der Waals surface area contributed by atoms with E-state index in [0.29, 0.717) is 10.6 Å². The van der Waals surface area contributed by atoms with Crippen molar-refractivity contribution >= 4 is 52.4 Å². The van der Waals surface area contributed by atoms with Gasteiger partial charge in [0.2, 0.25) is 0 Å². The second kappa shape index (κ2) is 8.28. The van der Waals surface area contributed by atoms with Gasteiger partial charge >= 0.3 is 5.24 Å². The predicted molar refractivity (Wildman–Crippen MR) is 115 cm³/mol. The summed E-state index contributed by atoms with van der Waals surface area (Å²) >= 11 is 7.96. The largest absolute Gasteiger partial charge is 0.301 e. The normalized spacial score (nSPS) is 14.5. The number of hydrogen-bond acceptors (Lipinski definition) is 6. The predicted octanol–water partition coefficient (Wildman–Crippen LogP) is 5.17. The van der Waals surface area contributed by atoms with E-state index in [0.717, 1.165) is 34.5 Å². The van der Waals surface area contributed by atoms with Crippen LogP contribution < -0.4 is 9.44 Å². The molecule has 0 saturated carbocycles. The van der Waals surface area contributed by atoms with Gasteiger partial charge < -0.3 is 0 Å². The molecule has 2 N–H and O–H groups in total. The number of halogens is 1. The van der Waals surface area contributed by atoms with Gasteiger partial charge in [0.1, 0.15) is 0 Å². The molecule has 0 radical (unpaired) electrons. The molecule has 140 valence electrons. The number of nitrogens with one attached hydrogen (secondary N) is 2. The third kappa shape index (κ3) is 4.02. The van der Waals surface area contributed by atoms with Gasteiger partial charge in [0.05, 0.1) is 23.5 Å². The van der Waals surface area contributed by atoms with Gasteiger partial charge in [-0.05, 0) is 35.9 Å². The minimum absolute atomic E-state index is 0.333. The Morgan fingerprint density at radius 1 is 1.00 bits per heavy atom. The number of carbonyl (C=O) groups is 2. The van der Waals surface area contributed by atoms with Crippen LogP contribution in [0.15, 0.2) is 84.2 Å². The van der Waals surface area contributed by atoms with Gasteiger partial charge in [-0.2, -0.15) is 4.13 Å². The van der Waals surface area contributed by atoms with Gasteiger partial charge in [-0.3, -0.25) is 19.2 Å². The Morgan fingerprint density at radius 3 is 2.57 bits per heavy atom. The molecule has 0 spiro atoms. The van der Waals surface area contributed by atoms with Crippen LogP contribution >= 0.6 is 35.7 Å². The lowest BCUT2D eigenvalue weighted by Gasteiger charge is -2.38. The highest BCUT2D eigenvalue weighted by molar-refractivity contribution is 8.20. The van der Waals surface area contributed by atoms with Crippen molar-refractivity contribution in [1.29, 1.82) is 0 Å². The highest BCUT2D eigenvalue weighted by Crippen LogP contribution is 2.44. The summed E-state index contributed by atoms with van der Waals surface area (Å²) in [5.74, 6) is -0.493. The molecule has 4 rings (SSSR count). The molecule has 0 fully saturated rings. The second-order valence-electron chi connectivity index (χ2n) is 5.89. The Hall–Kier alpha value is -2.45. The molecule has 2 aromatic rings. The highest BCUT2D eigenvalue weighted by Gasteiger charge is 2.30. The van der Waals surface area contributed by atoms with Gasteiger partial charge in [-0.25, -0.2) is 0 Å². The average molecular weight is 428 g/mol. The SMILES string of the molecule is O=C(NC(=O)c1cccc(Cl)c1)SNSN1c2ccc(-c3ccccc3)c1c2.